The third-order valence-electron chi connectivity index (χ3n) is 25.9. The molecule has 0 amide bonds. The van der Waals surface area contributed by atoms with Crippen LogP contribution in [0.15, 0.2) is 460 Å². The zero-order valence-electron chi connectivity index (χ0n) is 71.5. The number of benzene rings is 18. The van der Waals surface area contributed by atoms with Crippen LogP contribution in [0.25, 0.3) is 244 Å². The highest BCUT2D eigenvalue weighted by molar-refractivity contribution is 6.26. The minimum Gasteiger partial charge on any atom is -0.438 e. The van der Waals surface area contributed by atoms with Gasteiger partial charge in [-0.25, -0.2) is 15.0 Å². The molecule has 0 fully saturated rings. The predicted octanol–water partition coefficient (Wildman–Crippen LogP) is 29.6. The number of nitrogens with zero attached hydrogens (tertiary/aromatic N) is 13. The monoisotopic (exact) mass is 1700 g/mol. The summed E-state index contributed by atoms with van der Waals surface area (Å²) >= 11 is 0. The van der Waals surface area contributed by atoms with E-state index < -0.39 is 0 Å². The first-order chi connectivity index (χ1) is 66.0. The van der Waals surface area contributed by atoms with E-state index in [9.17, 15) is 0 Å². The minimum absolute atomic E-state index is 0.574. The Morgan fingerprint density at radius 1 is 0.165 bits per heavy atom. The van der Waals surface area contributed by atoms with Crippen molar-refractivity contribution >= 4 is 153 Å². The van der Waals surface area contributed by atoms with Crippen molar-refractivity contribution in [2.24, 2.45) is 0 Å². The molecule has 0 atom stereocenters. The number of aromatic nitrogens is 13. The molecular weight excluding hydrogens is 1630 g/mol. The van der Waals surface area contributed by atoms with Crippen molar-refractivity contribution in [2.45, 2.75) is 0 Å². The van der Waals surface area contributed by atoms with Crippen LogP contribution in [0.2, 0.25) is 0 Å². The van der Waals surface area contributed by atoms with Crippen molar-refractivity contribution in [3.63, 3.8) is 0 Å². The molecule has 18 aromatic carbocycles. The second-order valence-corrected chi connectivity index (χ2v) is 33.5. The molecule has 0 bridgehead atoms. The zero-order chi connectivity index (χ0) is 87.6. The van der Waals surface area contributed by atoms with E-state index in [1.807, 2.05) is 91.1 Å². The molecule has 0 aliphatic rings. The summed E-state index contributed by atoms with van der Waals surface area (Å²) in [5.41, 5.74) is 25.3. The number of furan rings is 1. The first-order valence-corrected chi connectivity index (χ1v) is 44.7. The van der Waals surface area contributed by atoms with Crippen molar-refractivity contribution < 1.29 is 4.42 Å². The molecule has 28 rings (SSSR count). The lowest BCUT2D eigenvalue weighted by atomic mass is 10.0. The van der Waals surface area contributed by atoms with E-state index in [4.69, 9.17) is 39.3 Å². The van der Waals surface area contributed by atoms with Crippen LogP contribution in [0.1, 0.15) is 0 Å². The van der Waals surface area contributed by atoms with Crippen molar-refractivity contribution in [2.75, 3.05) is 0 Å². The van der Waals surface area contributed by atoms with E-state index in [1.54, 1.807) is 0 Å². The van der Waals surface area contributed by atoms with Crippen molar-refractivity contribution in [1.82, 2.24) is 62.3 Å². The normalized spacial score (nSPS) is 11.8. The highest BCUT2D eigenvalue weighted by Gasteiger charge is 2.28. The van der Waals surface area contributed by atoms with Gasteiger partial charge in [0, 0.05) is 109 Å². The zero-order valence-corrected chi connectivity index (χ0v) is 71.5. The van der Waals surface area contributed by atoms with Crippen LogP contribution in [0.5, 0.6) is 0 Å². The molecule has 10 heterocycles. The molecule has 14 nitrogen and oxygen atoms in total. The summed E-state index contributed by atoms with van der Waals surface area (Å²) in [7, 11) is 0. The second-order valence-electron chi connectivity index (χ2n) is 33.5. The van der Waals surface area contributed by atoms with Gasteiger partial charge >= 0.3 is 0 Å². The van der Waals surface area contributed by atoms with E-state index in [0.717, 1.165) is 133 Å². The summed E-state index contributed by atoms with van der Waals surface area (Å²) in [5.74, 6) is 3.67. The summed E-state index contributed by atoms with van der Waals surface area (Å²) in [4.78, 5) is 35.7. The van der Waals surface area contributed by atoms with Crippen LogP contribution >= 0.6 is 0 Å². The quantitative estimate of drug-likeness (QED) is 0.125. The first-order valence-electron chi connectivity index (χ1n) is 44.7. The summed E-state index contributed by atoms with van der Waals surface area (Å²) in [6.07, 6.45) is 1.91. The fraction of sp³-hybridized carbons (Fsp3) is 0. The van der Waals surface area contributed by atoms with E-state index in [0.29, 0.717) is 40.9 Å². The molecule has 10 aromatic heterocycles. The third-order valence-corrected chi connectivity index (χ3v) is 25.9. The number of para-hydroxylation sites is 10. The highest BCUT2D eigenvalue weighted by Crippen LogP contribution is 2.46. The van der Waals surface area contributed by atoms with Gasteiger partial charge in [0.15, 0.2) is 23.3 Å². The lowest BCUT2D eigenvalue weighted by Gasteiger charge is -2.13. The molecule has 0 unspecified atom stereocenters. The molecule has 0 saturated heterocycles. The fourth-order valence-electron chi connectivity index (χ4n) is 20.1. The lowest BCUT2D eigenvalue weighted by molar-refractivity contribution is 0.654. The molecular formula is C119H75N13O. The summed E-state index contributed by atoms with van der Waals surface area (Å²) < 4.78 is 20.1. The van der Waals surface area contributed by atoms with Crippen LogP contribution in [0, 0.1) is 0 Å². The molecule has 0 N–H and O–H groups in total. The van der Waals surface area contributed by atoms with Gasteiger partial charge in [-0.2, -0.15) is 19.9 Å². The Balaban J connectivity index is 0.000000105. The topological polar surface area (TPSA) is 133 Å². The summed E-state index contributed by atoms with van der Waals surface area (Å²) in [6, 6.07) is 157. The smallest absolute Gasteiger partial charge is 0.238 e. The maximum Gasteiger partial charge on any atom is 0.238 e. The average molecular weight is 1700 g/mol. The maximum atomic E-state index is 6.22. The van der Waals surface area contributed by atoms with E-state index in [1.165, 1.54) is 70.7 Å². The second kappa shape index (κ2) is 31.3. The number of fused-ring (bicyclic) bond motifs is 23. The molecule has 28 aromatic rings. The Morgan fingerprint density at radius 2 is 0.421 bits per heavy atom. The van der Waals surface area contributed by atoms with Gasteiger partial charge in [0.1, 0.15) is 5.58 Å². The summed E-state index contributed by atoms with van der Waals surface area (Å²) in [5, 5.41) is 16.4. The van der Waals surface area contributed by atoms with E-state index in [-0.39, 0.29) is 0 Å². The van der Waals surface area contributed by atoms with Crippen LogP contribution in [-0.2, 0) is 0 Å². The lowest BCUT2D eigenvalue weighted by Crippen LogP contribution is -2.07. The van der Waals surface area contributed by atoms with Crippen LogP contribution in [-0.4, -0.2) is 62.3 Å². The molecule has 0 aliphatic heterocycles. The summed E-state index contributed by atoms with van der Waals surface area (Å²) in [6.45, 7) is 0. The molecule has 0 saturated carbocycles. The SMILES string of the molecule is c1ccc(-c2ccc(-c3nc(-c4ccccc4)nc(-n4c5ccccc5c5ccc6c7ccccc7n(-c7ccccc7)c6c54)n3)cc2)cc1.c1ccc(-c2nc(-c3ccccc3)nc(-n3c4ccccc4c4ccc5c6ccccc6n(-c6ccccc6)c5c43)n2)cc1.c1ccc2c(c1)c1ccccc1n2-c1ccc2oc3ncc(-n4c5ccccc5c5ccccc54)cc3c2c1. The van der Waals surface area contributed by atoms with E-state index >= 15 is 0 Å². The molecule has 133 heavy (non-hydrogen) atoms. The van der Waals surface area contributed by atoms with Crippen molar-refractivity contribution in [1.29, 1.82) is 0 Å². The Kier molecular flexibility index (Phi) is 17.9. The Bertz CT molecular complexity index is 9110. The molecule has 14 heteroatoms. The van der Waals surface area contributed by atoms with E-state index in [2.05, 4.69) is 391 Å². The van der Waals surface area contributed by atoms with Crippen molar-refractivity contribution in [3.05, 3.63) is 455 Å². The van der Waals surface area contributed by atoms with Gasteiger partial charge in [0.2, 0.25) is 17.6 Å². The van der Waals surface area contributed by atoms with Gasteiger partial charge < -0.3 is 22.7 Å². The average Bonchev–Trinajstić information content (AvgIpc) is 1.55. The minimum atomic E-state index is 0.574. The highest BCUT2D eigenvalue weighted by atomic mass is 16.3. The molecule has 0 aliphatic carbocycles. The standard InChI is InChI=1S/C45H29N5.C39H25N5.C35H21N3O/c1-4-14-30(15-5-1)31-24-26-33(27-25-31)44-46-43(32-16-6-2-7-17-32)47-45(48-44)50-40-23-13-11-21-36(40)38-29-28-37-35-20-10-12-22-39(35)49(41(37)42(38)50)34-18-8-3-9-19-34;1-4-14-26(15-5-1)37-40-38(27-16-6-2-7-17-27)42-39(41-37)44-34-23-13-11-21-30(34)32-25-24-31-29-20-10-12-22-33(29)43(35(31)36(32)44)28-18-8-3-9-19-28;1-5-13-30-24(9-1)25-10-2-6-14-31(25)37(30)22-17-18-34-28(19-22)29-20-23(21-36-35(29)39-34)38-32-15-7-3-11-26(32)27-12-4-8-16-33(27)38/h1-29H;1-25H;1-21H. The van der Waals surface area contributed by atoms with Crippen LogP contribution in [0.4, 0.5) is 0 Å². The van der Waals surface area contributed by atoms with Crippen molar-refractivity contribution in [3.8, 4) is 91.3 Å². The van der Waals surface area contributed by atoms with Gasteiger partial charge in [-0.3, -0.25) is 9.13 Å². The molecule has 0 radical (unpaired) electrons. The van der Waals surface area contributed by atoms with Gasteiger partial charge in [0.05, 0.1) is 83.5 Å². The predicted molar refractivity (Wildman–Crippen MR) is 544 cm³/mol. The molecule has 622 valence electrons. The first kappa shape index (κ1) is 76.0. The van der Waals surface area contributed by atoms with Crippen LogP contribution in [0.3, 0.4) is 0 Å². The Hall–Kier alpha value is -18.3. The third kappa shape index (κ3) is 12.6. The van der Waals surface area contributed by atoms with Gasteiger partial charge in [-0.15, -0.1) is 0 Å². The number of hydrogen-bond donors (Lipinski definition) is 0. The Morgan fingerprint density at radius 3 is 0.774 bits per heavy atom. The van der Waals surface area contributed by atoms with Crippen LogP contribution < -0.4 is 0 Å². The maximum absolute atomic E-state index is 6.22. The van der Waals surface area contributed by atoms with Gasteiger partial charge in [0.25, 0.3) is 0 Å². The number of hydrogen-bond acceptors (Lipinski definition) is 8. The number of rotatable bonds is 11. The number of pyridine rings is 1. The fourth-order valence-corrected chi connectivity index (χ4v) is 20.1. The van der Waals surface area contributed by atoms with Gasteiger partial charge in [-0.05, 0) is 108 Å². The Labute approximate surface area is 761 Å². The molecule has 0 spiro atoms. The largest absolute Gasteiger partial charge is 0.438 e. The van der Waals surface area contributed by atoms with Gasteiger partial charge in [-0.1, -0.05) is 352 Å².